The van der Waals surface area contributed by atoms with Crippen LogP contribution in [-0.2, 0) is 10.8 Å². The van der Waals surface area contributed by atoms with E-state index in [0.717, 1.165) is 24.3 Å². The molecule has 0 radical (unpaired) electrons. The number of ether oxygens (including phenoxy) is 2. The van der Waals surface area contributed by atoms with Gasteiger partial charge < -0.3 is 23.9 Å². The SMILES string of the molecule is CC(C)(C)C(Oc1ccccc1)[C@H](CN(C[C@H]1CCc2cc(I)ccc2O1)C(=O)O)O[Si](C)(C)C(C)(C)C. The van der Waals surface area contributed by atoms with Crippen molar-refractivity contribution in [1.82, 2.24) is 4.90 Å². The zero-order chi connectivity index (χ0) is 28.3. The molecule has 1 aliphatic heterocycles. The molecule has 6 nitrogen and oxygen atoms in total. The summed E-state index contributed by atoms with van der Waals surface area (Å²) in [5.74, 6) is 1.60. The number of aryl methyl sites for hydroxylation is 1. The second-order valence-corrected chi connectivity index (χ2v) is 18.9. The van der Waals surface area contributed by atoms with Crippen molar-refractivity contribution in [3.63, 3.8) is 0 Å². The molecule has 1 N–H and O–H groups in total. The predicted octanol–water partition coefficient (Wildman–Crippen LogP) is 7.85. The minimum Gasteiger partial charge on any atom is -0.488 e. The number of halogens is 1. The lowest BCUT2D eigenvalue weighted by Crippen LogP contribution is -2.57. The zero-order valence-corrected chi connectivity index (χ0v) is 27.2. The van der Waals surface area contributed by atoms with Gasteiger partial charge >= 0.3 is 6.09 Å². The van der Waals surface area contributed by atoms with Crippen molar-refractivity contribution in [2.45, 2.75) is 90.8 Å². The van der Waals surface area contributed by atoms with Crippen LogP contribution in [0.25, 0.3) is 0 Å². The van der Waals surface area contributed by atoms with Gasteiger partial charge in [-0.15, -0.1) is 0 Å². The third-order valence-corrected chi connectivity index (χ3v) is 12.8. The van der Waals surface area contributed by atoms with Crippen LogP contribution in [0.3, 0.4) is 0 Å². The van der Waals surface area contributed by atoms with Crippen LogP contribution in [0.15, 0.2) is 48.5 Å². The number of amides is 1. The van der Waals surface area contributed by atoms with Crippen molar-refractivity contribution in [3.8, 4) is 11.5 Å². The minimum atomic E-state index is -2.27. The quantitative estimate of drug-likeness (QED) is 0.221. The molecule has 0 saturated heterocycles. The van der Waals surface area contributed by atoms with Crippen molar-refractivity contribution in [1.29, 1.82) is 0 Å². The first-order chi connectivity index (χ1) is 17.6. The Morgan fingerprint density at radius 3 is 2.37 bits per heavy atom. The Balaban J connectivity index is 1.89. The largest absolute Gasteiger partial charge is 0.488 e. The normalized spacial score (nSPS) is 17.7. The molecule has 8 heteroatoms. The molecular formula is C30H44INO5Si. The topological polar surface area (TPSA) is 68.2 Å². The molecule has 0 fully saturated rings. The first kappa shape index (κ1) is 30.8. The first-order valence-electron chi connectivity index (χ1n) is 13.4. The smallest absolute Gasteiger partial charge is 0.407 e. The van der Waals surface area contributed by atoms with Crippen LogP contribution in [0.5, 0.6) is 11.5 Å². The molecule has 0 bridgehead atoms. The molecule has 1 aliphatic rings. The Hall–Kier alpha value is -1.78. The van der Waals surface area contributed by atoms with Gasteiger partial charge in [-0.3, -0.25) is 0 Å². The van der Waals surface area contributed by atoms with Crippen LogP contribution in [0.1, 0.15) is 53.5 Å². The van der Waals surface area contributed by atoms with E-state index < -0.39 is 20.5 Å². The number of fused-ring (bicyclic) bond motifs is 1. The molecule has 1 amide bonds. The second kappa shape index (κ2) is 12.2. The fourth-order valence-corrected chi connectivity index (χ4v) is 6.31. The number of carbonyl (C=O) groups is 1. The molecule has 3 atom stereocenters. The van der Waals surface area contributed by atoms with Crippen LogP contribution in [0.2, 0.25) is 18.1 Å². The predicted molar refractivity (Wildman–Crippen MR) is 164 cm³/mol. The van der Waals surface area contributed by atoms with E-state index >= 15 is 0 Å². The van der Waals surface area contributed by atoms with Gasteiger partial charge in [-0.05, 0) is 89.5 Å². The fourth-order valence-electron chi connectivity index (χ4n) is 4.44. The Labute approximate surface area is 243 Å². The van der Waals surface area contributed by atoms with E-state index in [-0.39, 0.29) is 35.8 Å². The number of para-hydroxylation sites is 1. The van der Waals surface area contributed by atoms with Crippen molar-refractivity contribution in [3.05, 3.63) is 57.7 Å². The summed E-state index contributed by atoms with van der Waals surface area (Å²) in [7, 11) is -2.27. The summed E-state index contributed by atoms with van der Waals surface area (Å²) in [5, 5.41) is 10.3. The van der Waals surface area contributed by atoms with Crippen LogP contribution < -0.4 is 9.47 Å². The van der Waals surface area contributed by atoms with E-state index in [0.29, 0.717) is 0 Å². The van der Waals surface area contributed by atoms with Gasteiger partial charge in [0.05, 0.1) is 13.1 Å². The lowest BCUT2D eigenvalue weighted by atomic mass is 9.85. The maximum absolute atomic E-state index is 12.6. The minimum absolute atomic E-state index is 0.0395. The average Bonchev–Trinajstić information content (AvgIpc) is 2.80. The van der Waals surface area contributed by atoms with E-state index in [4.69, 9.17) is 13.9 Å². The molecule has 0 aromatic heterocycles. The van der Waals surface area contributed by atoms with E-state index in [1.54, 1.807) is 0 Å². The first-order valence-corrected chi connectivity index (χ1v) is 17.4. The molecule has 210 valence electrons. The van der Waals surface area contributed by atoms with E-state index in [9.17, 15) is 9.90 Å². The van der Waals surface area contributed by atoms with E-state index in [2.05, 4.69) is 83.3 Å². The highest BCUT2D eigenvalue weighted by Crippen LogP contribution is 2.40. The molecule has 2 aromatic carbocycles. The van der Waals surface area contributed by atoms with Crippen molar-refractivity contribution in [2.24, 2.45) is 5.41 Å². The molecule has 0 spiro atoms. The molecule has 0 aliphatic carbocycles. The van der Waals surface area contributed by atoms with E-state index in [1.807, 2.05) is 42.5 Å². The van der Waals surface area contributed by atoms with Gasteiger partial charge in [0, 0.05) is 8.99 Å². The highest BCUT2D eigenvalue weighted by Gasteiger charge is 2.45. The van der Waals surface area contributed by atoms with Crippen LogP contribution in [0, 0.1) is 8.99 Å². The molecule has 1 unspecified atom stereocenters. The zero-order valence-electron chi connectivity index (χ0n) is 24.1. The van der Waals surface area contributed by atoms with Crippen LogP contribution >= 0.6 is 22.6 Å². The van der Waals surface area contributed by atoms with Gasteiger partial charge in [0.25, 0.3) is 0 Å². The highest BCUT2D eigenvalue weighted by atomic mass is 127. The van der Waals surface area contributed by atoms with Gasteiger partial charge in [-0.25, -0.2) is 4.79 Å². The Morgan fingerprint density at radius 2 is 1.79 bits per heavy atom. The summed E-state index contributed by atoms with van der Waals surface area (Å²) in [4.78, 5) is 14.0. The standard InChI is InChI=1S/C30H44INO5Si/c1-29(2,3)27(36-23-12-10-9-11-13-23)26(37-38(7,8)30(4,5)6)20-32(28(33)34)19-24-16-14-21-18-22(31)15-17-25(21)35-24/h9-13,15,17-18,24,26-27H,14,16,19-20H2,1-8H3,(H,33,34)/t24-,26+,27?/m1/s1. The average molecular weight is 654 g/mol. The summed E-state index contributed by atoms with van der Waals surface area (Å²) in [5.41, 5.74) is 0.878. The van der Waals surface area contributed by atoms with Crippen molar-refractivity contribution >= 4 is 37.0 Å². The third kappa shape index (κ3) is 8.11. The Morgan fingerprint density at radius 1 is 1.13 bits per heavy atom. The molecule has 0 saturated carbocycles. The summed E-state index contributed by atoms with van der Waals surface area (Å²) in [6.45, 7) is 17.8. The van der Waals surface area contributed by atoms with Crippen LogP contribution in [0.4, 0.5) is 4.79 Å². The lowest BCUT2D eigenvalue weighted by Gasteiger charge is -2.45. The number of benzene rings is 2. The van der Waals surface area contributed by atoms with Crippen LogP contribution in [-0.4, -0.2) is 55.8 Å². The maximum atomic E-state index is 12.6. The molecular weight excluding hydrogens is 609 g/mol. The number of nitrogens with zero attached hydrogens (tertiary/aromatic N) is 1. The van der Waals surface area contributed by atoms with Gasteiger partial charge in [-0.1, -0.05) is 59.7 Å². The molecule has 1 heterocycles. The monoisotopic (exact) mass is 653 g/mol. The highest BCUT2D eigenvalue weighted by molar-refractivity contribution is 14.1. The number of carboxylic acid groups (broad SMARTS) is 1. The van der Waals surface area contributed by atoms with Gasteiger partial charge in [0.1, 0.15) is 29.8 Å². The summed E-state index contributed by atoms with van der Waals surface area (Å²) >= 11 is 2.30. The van der Waals surface area contributed by atoms with Gasteiger partial charge in [-0.2, -0.15) is 0 Å². The van der Waals surface area contributed by atoms with E-state index in [1.165, 1.54) is 14.0 Å². The number of hydrogen-bond acceptors (Lipinski definition) is 4. The lowest BCUT2D eigenvalue weighted by molar-refractivity contribution is -0.0359. The van der Waals surface area contributed by atoms with Crippen molar-refractivity contribution < 1.29 is 23.8 Å². The Kier molecular flexibility index (Phi) is 9.85. The summed E-state index contributed by atoms with van der Waals surface area (Å²) in [6.07, 6.45) is -0.363. The number of hydrogen-bond donors (Lipinski definition) is 1. The summed E-state index contributed by atoms with van der Waals surface area (Å²) in [6, 6.07) is 15.9. The summed E-state index contributed by atoms with van der Waals surface area (Å²) < 4.78 is 21.0. The molecule has 38 heavy (non-hydrogen) atoms. The van der Waals surface area contributed by atoms with Gasteiger partial charge in [0.2, 0.25) is 0 Å². The molecule has 2 aromatic rings. The van der Waals surface area contributed by atoms with Crippen molar-refractivity contribution in [2.75, 3.05) is 13.1 Å². The third-order valence-electron chi connectivity index (χ3n) is 7.60. The van der Waals surface area contributed by atoms with Gasteiger partial charge in [0.15, 0.2) is 8.32 Å². The maximum Gasteiger partial charge on any atom is 0.407 e. The second-order valence-electron chi connectivity index (χ2n) is 12.9. The molecule has 3 rings (SSSR count). The Bertz CT molecular complexity index is 1080. The number of rotatable bonds is 9. The fraction of sp³-hybridized carbons (Fsp3) is 0.567.